The van der Waals surface area contributed by atoms with Crippen molar-refractivity contribution in [2.24, 2.45) is 5.92 Å². The molecule has 0 radical (unpaired) electrons. The first-order valence-corrected chi connectivity index (χ1v) is 9.11. The monoisotopic (exact) mass is 432 g/mol. The van der Waals surface area contributed by atoms with Gasteiger partial charge in [0.05, 0.1) is 13.2 Å². The molecule has 0 bridgehead atoms. The molecule has 6 heteroatoms. The minimum atomic E-state index is -0.0811. The lowest BCUT2D eigenvalue weighted by Crippen LogP contribution is -2.51. The first kappa shape index (κ1) is 18.5. The summed E-state index contributed by atoms with van der Waals surface area (Å²) >= 11 is 2.24. The van der Waals surface area contributed by atoms with Gasteiger partial charge in [-0.05, 0) is 52.8 Å². The molecule has 0 spiro atoms. The van der Waals surface area contributed by atoms with E-state index in [1.54, 1.807) is 0 Å². The fourth-order valence-corrected chi connectivity index (χ4v) is 3.00. The summed E-state index contributed by atoms with van der Waals surface area (Å²) in [5.74, 6) is 1.11. The van der Waals surface area contributed by atoms with Crippen molar-refractivity contribution in [3.05, 3.63) is 27.8 Å². The number of ether oxygens (including phenoxy) is 2. The first-order valence-electron chi connectivity index (χ1n) is 8.03. The standard InChI is InChI=1S/C17H25IN2O3/c1-13(2)16(20-7-9-22-10-8-20)11-19-17(21)12-23-15-5-3-14(18)4-6-15/h3-6,13,16H,7-12H2,1-2H3,(H,19,21). The van der Waals surface area contributed by atoms with Crippen molar-refractivity contribution in [2.45, 2.75) is 19.9 Å². The van der Waals surface area contributed by atoms with Gasteiger partial charge in [-0.15, -0.1) is 0 Å². The summed E-state index contributed by atoms with van der Waals surface area (Å²) in [7, 11) is 0. The predicted octanol–water partition coefficient (Wildman–Crippen LogP) is 2.14. The molecule has 128 valence electrons. The van der Waals surface area contributed by atoms with Gasteiger partial charge in [0.1, 0.15) is 5.75 Å². The second-order valence-corrected chi connectivity index (χ2v) is 7.25. The van der Waals surface area contributed by atoms with Gasteiger partial charge >= 0.3 is 0 Å². The third-order valence-electron chi connectivity index (χ3n) is 3.98. The molecule has 1 heterocycles. The molecule has 0 saturated carbocycles. The van der Waals surface area contributed by atoms with Crippen LogP contribution in [0, 0.1) is 9.49 Å². The largest absolute Gasteiger partial charge is 0.484 e. The number of amides is 1. The summed E-state index contributed by atoms with van der Waals surface area (Å²) in [6.07, 6.45) is 0. The smallest absolute Gasteiger partial charge is 0.257 e. The SMILES string of the molecule is CC(C)C(CNC(=O)COc1ccc(I)cc1)N1CCOCC1. The maximum absolute atomic E-state index is 12.0. The van der Waals surface area contributed by atoms with E-state index in [0.717, 1.165) is 29.9 Å². The summed E-state index contributed by atoms with van der Waals surface area (Å²) in [6.45, 7) is 8.47. The number of carbonyl (C=O) groups is 1. The van der Waals surface area contributed by atoms with Crippen molar-refractivity contribution < 1.29 is 14.3 Å². The average Bonchev–Trinajstić information content (AvgIpc) is 2.55. The number of halogens is 1. The highest BCUT2D eigenvalue weighted by Gasteiger charge is 2.24. The summed E-state index contributed by atoms with van der Waals surface area (Å²) in [5, 5.41) is 3.00. The predicted molar refractivity (Wildman–Crippen MR) is 98.7 cm³/mol. The van der Waals surface area contributed by atoms with Crippen LogP contribution in [0.5, 0.6) is 5.75 Å². The molecular formula is C17H25IN2O3. The molecule has 1 unspecified atom stereocenters. The number of morpholine rings is 1. The van der Waals surface area contributed by atoms with Crippen molar-refractivity contribution >= 4 is 28.5 Å². The molecule has 0 aromatic heterocycles. The molecule has 1 N–H and O–H groups in total. The van der Waals surface area contributed by atoms with Crippen molar-refractivity contribution in [3.8, 4) is 5.75 Å². The summed E-state index contributed by atoms with van der Waals surface area (Å²) in [4.78, 5) is 14.4. The molecule has 1 aliphatic heterocycles. The van der Waals surface area contributed by atoms with E-state index in [1.165, 1.54) is 0 Å². The van der Waals surface area contributed by atoms with Gasteiger partial charge in [0.25, 0.3) is 5.91 Å². The molecule has 23 heavy (non-hydrogen) atoms. The van der Waals surface area contributed by atoms with E-state index < -0.39 is 0 Å². The number of carbonyl (C=O) groups excluding carboxylic acids is 1. The van der Waals surface area contributed by atoms with Gasteiger partial charge in [-0.3, -0.25) is 9.69 Å². The van der Waals surface area contributed by atoms with Crippen LogP contribution >= 0.6 is 22.6 Å². The lowest BCUT2D eigenvalue weighted by Gasteiger charge is -2.36. The highest BCUT2D eigenvalue weighted by atomic mass is 127. The normalized spacial score (nSPS) is 17.0. The quantitative estimate of drug-likeness (QED) is 0.672. The summed E-state index contributed by atoms with van der Waals surface area (Å²) < 4.78 is 12.1. The van der Waals surface area contributed by atoms with Crippen LogP contribution in [0.3, 0.4) is 0 Å². The number of hydrogen-bond donors (Lipinski definition) is 1. The fourth-order valence-electron chi connectivity index (χ4n) is 2.64. The van der Waals surface area contributed by atoms with E-state index in [4.69, 9.17) is 9.47 Å². The molecule has 5 nitrogen and oxygen atoms in total. The Morgan fingerprint density at radius 1 is 1.30 bits per heavy atom. The Bertz CT molecular complexity index is 487. The zero-order valence-electron chi connectivity index (χ0n) is 13.8. The molecule has 2 rings (SSSR count). The van der Waals surface area contributed by atoms with E-state index in [0.29, 0.717) is 24.3 Å². The highest BCUT2D eigenvalue weighted by Crippen LogP contribution is 2.14. The number of hydrogen-bond acceptors (Lipinski definition) is 4. The number of rotatable bonds is 7. The van der Waals surface area contributed by atoms with E-state index in [-0.39, 0.29) is 12.5 Å². The van der Waals surface area contributed by atoms with E-state index in [1.807, 2.05) is 24.3 Å². The van der Waals surface area contributed by atoms with Crippen LogP contribution in [0.15, 0.2) is 24.3 Å². The highest BCUT2D eigenvalue weighted by molar-refractivity contribution is 14.1. The second kappa shape index (κ2) is 9.44. The maximum atomic E-state index is 12.0. The van der Waals surface area contributed by atoms with Crippen LogP contribution in [-0.2, 0) is 9.53 Å². The number of nitrogens with one attached hydrogen (secondary N) is 1. The summed E-state index contributed by atoms with van der Waals surface area (Å²) in [5.41, 5.74) is 0. The maximum Gasteiger partial charge on any atom is 0.257 e. The Hall–Kier alpha value is -0.860. The molecular weight excluding hydrogens is 407 g/mol. The van der Waals surface area contributed by atoms with Crippen molar-refractivity contribution in [3.63, 3.8) is 0 Å². The van der Waals surface area contributed by atoms with Gasteiger partial charge in [-0.2, -0.15) is 0 Å². The van der Waals surface area contributed by atoms with Crippen molar-refractivity contribution in [1.29, 1.82) is 0 Å². The van der Waals surface area contributed by atoms with E-state index in [9.17, 15) is 4.79 Å². The molecule has 1 aromatic carbocycles. The Balaban J connectivity index is 1.75. The number of nitrogens with zero attached hydrogens (tertiary/aromatic N) is 1. The van der Waals surface area contributed by atoms with Gasteiger partial charge in [0.15, 0.2) is 6.61 Å². The van der Waals surface area contributed by atoms with Gasteiger partial charge in [0, 0.05) is 29.2 Å². The van der Waals surface area contributed by atoms with Crippen LogP contribution in [0.1, 0.15) is 13.8 Å². The van der Waals surface area contributed by atoms with Crippen LogP contribution in [0.4, 0.5) is 0 Å². The minimum Gasteiger partial charge on any atom is -0.484 e. The van der Waals surface area contributed by atoms with E-state index in [2.05, 4.69) is 46.7 Å². The molecule has 1 amide bonds. The second-order valence-electron chi connectivity index (χ2n) is 6.01. The van der Waals surface area contributed by atoms with Crippen LogP contribution in [-0.4, -0.2) is 56.3 Å². The van der Waals surface area contributed by atoms with Crippen LogP contribution < -0.4 is 10.1 Å². The van der Waals surface area contributed by atoms with Crippen molar-refractivity contribution in [2.75, 3.05) is 39.5 Å². The zero-order valence-corrected chi connectivity index (χ0v) is 15.9. The van der Waals surface area contributed by atoms with Crippen LogP contribution in [0.2, 0.25) is 0 Å². The molecule has 1 atom stereocenters. The topological polar surface area (TPSA) is 50.8 Å². The third kappa shape index (κ3) is 6.27. The Morgan fingerprint density at radius 3 is 2.57 bits per heavy atom. The minimum absolute atomic E-state index is 0.0501. The average molecular weight is 432 g/mol. The van der Waals surface area contributed by atoms with Crippen molar-refractivity contribution in [1.82, 2.24) is 10.2 Å². The molecule has 1 aliphatic rings. The summed E-state index contributed by atoms with van der Waals surface area (Å²) in [6, 6.07) is 8.00. The third-order valence-corrected chi connectivity index (χ3v) is 4.70. The molecule has 1 aromatic rings. The van der Waals surface area contributed by atoms with Gasteiger partial charge in [0.2, 0.25) is 0 Å². The van der Waals surface area contributed by atoms with Crippen LogP contribution in [0.25, 0.3) is 0 Å². The number of benzene rings is 1. The van der Waals surface area contributed by atoms with Gasteiger partial charge < -0.3 is 14.8 Å². The lowest BCUT2D eigenvalue weighted by molar-refractivity contribution is -0.123. The Morgan fingerprint density at radius 2 is 1.96 bits per heavy atom. The Kier molecular flexibility index (Phi) is 7.58. The van der Waals surface area contributed by atoms with Gasteiger partial charge in [-0.1, -0.05) is 13.8 Å². The fraction of sp³-hybridized carbons (Fsp3) is 0.588. The van der Waals surface area contributed by atoms with Gasteiger partial charge in [-0.25, -0.2) is 0 Å². The zero-order chi connectivity index (χ0) is 16.7. The molecule has 0 aliphatic carbocycles. The van der Waals surface area contributed by atoms with E-state index >= 15 is 0 Å². The first-order chi connectivity index (χ1) is 11.1. The molecule has 1 saturated heterocycles. The molecule has 1 fully saturated rings. The Labute approximate surface area is 151 Å². The lowest BCUT2D eigenvalue weighted by atomic mass is 10.0.